The molecule has 3 unspecified atom stereocenters. The first-order valence-corrected chi connectivity index (χ1v) is 8.11. The molecule has 1 aromatic heterocycles. The molecule has 1 fully saturated rings. The van der Waals surface area contributed by atoms with Gasteiger partial charge in [0.1, 0.15) is 5.76 Å². The molecule has 0 aliphatic carbocycles. The average Bonchev–Trinajstić information content (AvgIpc) is 2.83. The molecule has 0 amide bonds. The van der Waals surface area contributed by atoms with E-state index in [0.717, 1.165) is 37.2 Å². The number of furan rings is 1. The molecule has 0 aromatic carbocycles. The van der Waals surface area contributed by atoms with Crippen LogP contribution in [0, 0.1) is 11.8 Å². The molecule has 1 aromatic rings. The second-order valence-electron chi connectivity index (χ2n) is 6.59. The highest BCUT2D eigenvalue weighted by Crippen LogP contribution is 2.28. The largest absolute Gasteiger partial charge is 0.468 e. The minimum Gasteiger partial charge on any atom is -0.468 e. The van der Waals surface area contributed by atoms with E-state index in [1.54, 1.807) is 0 Å². The molecule has 2 rings (SSSR count). The van der Waals surface area contributed by atoms with Crippen molar-refractivity contribution in [2.75, 3.05) is 13.1 Å². The van der Waals surface area contributed by atoms with Crippen molar-refractivity contribution in [3.8, 4) is 0 Å². The summed E-state index contributed by atoms with van der Waals surface area (Å²) in [5.41, 5.74) is 1.26. The zero-order chi connectivity index (χ0) is 14.5. The lowest BCUT2D eigenvalue weighted by Gasteiger charge is -2.40. The summed E-state index contributed by atoms with van der Waals surface area (Å²) in [6, 6.07) is 2.86. The molecule has 0 spiro atoms. The maximum absolute atomic E-state index is 5.74. The van der Waals surface area contributed by atoms with Gasteiger partial charge in [-0.3, -0.25) is 4.90 Å². The summed E-state index contributed by atoms with van der Waals surface area (Å²) < 4.78 is 5.74. The van der Waals surface area contributed by atoms with E-state index in [-0.39, 0.29) is 0 Å². The van der Waals surface area contributed by atoms with Gasteiger partial charge in [-0.15, -0.1) is 0 Å². The van der Waals surface area contributed by atoms with Crippen LogP contribution in [0.2, 0.25) is 0 Å². The smallest absolute Gasteiger partial charge is 0.118 e. The number of piperidine rings is 1. The van der Waals surface area contributed by atoms with Gasteiger partial charge < -0.3 is 9.73 Å². The van der Waals surface area contributed by atoms with E-state index in [9.17, 15) is 0 Å². The summed E-state index contributed by atoms with van der Waals surface area (Å²) in [4.78, 5) is 2.57. The van der Waals surface area contributed by atoms with Gasteiger partial charge in [0.15, 0.2) is 0 Å². The third-order valence-corrected chi connectivity index (χ3v) is 4.54. The van der Waals surface area contributed by atoms with Gasteiger partial charge in [-0.2, -0.15) is 0 Å². The van der Waals surface area contributed by atoms with E-state index in [4.69, 9.17) is 4.42 Å². The van der Waals surface area contributed by atoms with Crippen molar-refractivity contribution in [2.24, 2.45) is 11.8 Å². The van der Waals surface area contributed by atoms with Crippen molar-refractivity contribution in [1.29, 1.82) is 0 Å². The maximum Gasteiger partial charge on any atom is 0.118 e. The van der Waals surface area contributed by atoms with Gasteiger partial charge in [0.05, 0.1) is 12.8 Å². The molecule has 1 N–H and O–H groups in total. The second-order valence-corrected chi connectivity index (χ2v) is 6.59. The summed E-state index contributed by atoms with van der Waals surface area (Å²) >= 11 is 0. The number of nitrogens with zero attached hydrogens (tertiary/aromatic N) is 1. The van der Waals surface area contributed by atoms with Crippen LogP contribution in [0.25, 0.3) is 0 Å². The van der Waals surface area contributed by atoms with Crippen molar-refractivity contribution in [3.05, 3.63) is 23.7 Å². The first-order valence-electron chi connectivity index (χ1n) is 8.11. The van der Waals surface area contributed by atoms with Crippen molar-refractivity contribution in [2.45, 2.75) is 59.7 Å². The SMILES string of the molecule is CCCNCc1coc(CN2CC(C)CC(C)C2C)c1. The van der Waals surface area contributed by atoms with Gasteiger partial charge in [-0.05, 0) is 44.2 Å². The molecule has 114 valence electrons. The summed E-state index contributed by atoms with van der Waals surface area (Å²) in [5, 5.41) is 3.42. The first-order chi connectivity index (χ1) is 9.60. The molecule has 3 atom stereocenters. The molecule has 2 heterocycles. The first kappa shape index (κ1) is 15.6. The van der Waals surface area contributed by atoms with E-state index >= 15 is 0 Å². The predicted molar refractivity (Wildman–Crippen MR) is 83.5 cm³/mol. The Morgan fingerprint density at radius 2 is 2.15 bits per heavy atom. The summed E-state index contributed by atoms with van der Waals surface area (Å²) in [5.74, 6) is 2.67. The van der Waals surface area contributed by atoms with Crippen LogP contribution in [0.15, 0.2) is 16.7 Å². The quantitative estimate of drug-likeness (QED) is 0.805. The van der Waals surface area contributed by atoms with Gasteiger partial charge >= 0.3 is 0 Å². The summed E-state index contributed by atoms with van der Waals surface area (Å²) in [6.07, 6.45) is 4.42. The van der Waals surface area contributed by atoms with E-state index < -0.39 is 0 Å². The van der Waals surface area contributed by atoms with E-state index in [2.05, 4.69) is 44.0 Å². The van der Waals surface area contributed by atoms with Gasteiger partial charge in [-0.1, -0.05) is 20.8 Å². The highest BCUT2D eigenvalue weighted by molar-refractivity contribution is 5.13. The molecule has 0 saturated carbocycles. The molecule has 1 aliphatic heterocycles. The van der Waals surface area contributed by atoms with Gasteiger partial charge in [0, 0.05) is 24.7 Å². The fraction of sp³-hybridized carbons (Fsp3) is 0.765. The van der Waals surface area contributed by atoms with Crippen LogP contribution in [0.4, 0.5) is 0 Å². The van der Waals surface area contributed by atoms with Crippen LogP contribution in [0.1, 0.15) is 51.9 Å². The molecule has 1 saturated heterocycles. The van der Waals surface area contributed by atoms with Crippen LogP contribution in [0.5, 0.6) is 0 Å². The monoisotopic (exact) mass is 278 g/mol. The number of hydrogen-bond acceptors (Lipinski definition) is 3. The third kappa shape index (κ3) is 4.10. The Labute approximate surface area is 123 Å². The lowest BCUT2D eigenvalue weighted by atomic mass is 9.86. The van der Waals surface area contributed by atoms with Crippen LogP contribution >= 0.6 is 0 Å². The predicted octanol–water partition coefficient (Wildman–Crippen LogP) is 3.65. The van der Waals surface area contributed by atoms with Crippen LogP contribution < -0.4 is 5.32 Å². The Kier molecular flexibility index (Phi) is 5.67. The van der Waals surface area contributed by atoms with Crippen molar-refractivity contribution in [1.82, 2.24) is 10.2 Å². The Bertz CT molecular complexity index is 401. The van der Waals surface area contributed by atoms with Crippen LogP contribution in [-0.4, -0.2) is 24.0 Å². The normalized spacial score (nSPS) is 27.9. The van der Waals surface area contributed by atoms with Crippen molar-refractivity contribution in [3.63, 3.8) is 0 Å². The topological polar surface area (TPSA) is 28.4 Å². The number of hydrogen-bond donors (Lipinski definition) is 1. The second kappa shape index (κ2) is 7.28. The van der Waals surface area contributed by atoms with E-state index in [1.165, 1.54) is 24.9 Å². The van der Waals surface area contributed by atoms with E-state index in [0.29, 0.717) is 6.04 Å². The molecule has 0 bridgehead atoms. The molecule has 3 nitrogen and oxygen atoms in total. The zero-order valence-electron chi connectivity index (χ0n) is 13.5. The number of nitrogens with one attached hydrogen (secondary N) is 1. The van der Waals surface area contributed by atoms with Crippen molar-refractivity contribution >= 4 is 0 Å². The highest BCUT2D eigenvalue weighted by Gasteiger charge is 2.29. The Morgan fingerprint density at radius 3 is 2.90 bits per heavy atom. The lowest BCUT2D eigenvalue weighted by Crippen LogP contribution is -2.45. The molecule has 3 heteroatoms. The lowest BCUT2D eigenvalue weighted by molar-refractivity contribution is 0.0668. The number of likely N-dealkylation sites (tertiary alicyclic amines) is 1. The minimum absolute atomic E-state index is 0.651. The van der Waals surface area contributed by atoms with Crippen LogP contribution in [-0.2, 0) is 13.1 Å². The Morgan fingerprint density at radius 1 is 1.35 bits per heavy atom. The van der Waals surface area contributed by atoms with Crippen LogP contribution in [0.3, 0.4) is 0 Å². The van der Waals surface area contributed by atoms with Gasteiger partial charge in [0.25, 0.3) is 0 Å². The fourth-order valence-electron chi connectivity index (χ4n) is 3.25. The highest BCUT2D eigenvalue weighted by atomic mass is 16.3. The van der Waals surface area contributed by atoms with Gasteiger partial charge in [-0.25, -0.2) is 0 Å². The van der Waals surface area contributed by atoms with Crippen molar-refractivity contribution < 1.29 is 4.42 Å². The molecular formula is C17H30N2O. The molecule has 1 aliphatic rings. The molecular weight excluding hydrogens is 248 g/mol. The minimum atomic E-state index is 0.651. The average molecular weight is 278 g/mol. The van der Waals surface area contributed by atoms with Gasteiger partial charge in [0.2, 0.25) is 0 Å². The Hall–Kier alpha value is -0.800. The fourth-order valence-corrected chi connectivity index (χ4v) is 3.25. The Balaban J connectivity index is 1.89. The maximum atomic E-state index is 5.74. The third-order valence-electron chi connectivity index (χ3n) is 4.54. The molecule has 0 radical (unpaired) electrons. The van der Waals surface area contributed by atoms with E-state index in [1.807, 2.05) is 6.26 Å². The summed E-state index contributed by atoms with van der Waals surface area (Å²) in [7, 11) is 0. The summed E-state index contributed by atoms with van der Waals surface area (Å²) in [6.45, 7) is 13.4. The zero-order valence-corrected chi connectivity index (χ0v) is 13.5. The number of rotatable bonds is 6. The standard InChI is InChI=1S/C17H30N2O/c1-5-6-18-9-16-8-17(20-12-16)11-19-10-13(2)7-14(3)15(19)4/h8,12-15,18H,5-7,9-11H2,1-4H3. The molecule has 20 heavy (non-hydrogen) atoms.